The number of sulfonamides is 1. The Hall–Kier alpha value is -2.25. The van der Waals surface area contributed by atoms with Crippen molar-refractivity contribution in [2.45, 2.75) is 43.0 Å². The Balaban J connectivity index is 1.43. The fraction of sp³-hybridized carbons (Fsp3) is 0.435. The van der Waals surface area contributed by atoms with Crippen LogP contribution in [0, 0.1) is 11.7 Å². The Kier molecular flexibility index (Phi) is 5.93. The van der Waals surface area contributed by atoms with Crippen LogP contribution in [-0.4, -0.2) is 43.7 Å². The second-order valence-electron chi connectivity index (χ2n) is 8.16. The van der Waals surface area contributed by atoms with E-state index in [2.05, 4.69) is 12.1 Å². The summed E-state index contributed by atoms with van der Waals surface area (Å²) in [6.45, 7) is 0.449. The summed E-state index contributed by atoms with van der Waals surface area (Å²) >= 11 is 0. The Morgan fingerprint density at radius 2 is 1.70 bits per heavy atom. The second-order valence-corrected chi connectivity index (χ2v) is 10.1. The highest BCUT2D eigenvalue weighted by Gasteiger charge is 2.36. The van der Waals surface area contributed by atoms with Crippen molar-refractivity contribution in [3.8, 4) is 0 Å². The highest BCUT2D eigenvalue weighted by atomic mass is 32.2. The van der Waals surface area contributed by atoms with Crippen molar-refractivity contribution in [1.29, 1.82) is 0 Å². The lowest BCUT2D eigenvalue weighted by molar-refractivity contribution is -0.138. The minimum Gasteiger partial charge on any atom is -0.338 e. The summed E-state index contributed by atoms with van der Waals surface area (Å²) in [6, 6.07) is 13.8. The van der Waals surface area contributed by atoms with Crippen LogP contribution in [0.4, 0.5) is 4.39 Å². The van der Waals surface area contributed by atoms with Gasteiger partial charge in [-0.05, 0) is 55.4 Å². The number of aryl methyl sites for hydroxylation is 1. The molecule has 2 aromatic carbocycles. The molecule has 1 aliphatic heterocycles. The molecule has 1 fully saturated rings. The SMILES string of the molecule is CN(C(=O)C1CCN(S(=O)(=O)c2ccccc2F)CC1)[C@H]1CCCc2ccccc21. The van der Waals surface area contributed by atoms with E-state index < -0.39 is 15.8 Å². The molecule has 0 radical (unpaired) electrons. The summed E-state index contributed by atoms with van der Waals surface area (Å²) in [5.74, 6) is -0.887. The van der Waals surface area contributed by atoms with Gasteiger partial charge >= 0.3 is 0 Å². The maximum Gasteiger partial charge on any atom is 0.245 e. The average Bonchev–Trinajstić information content (AvgIpc) is 2.78. The fourth-order valence-corrected chi connectivity index (χ4v) is 6.24. The maximum absolute atomic E-state index is 14.0. The first-order valence-electron chi connectivity index (χ1n) is 10.5. The van der Waals surface area contributed by atoms with E-state index in [1.807, 2.05) is 24.1 Å². The van der Waals surface area contributed by atoms with E-state index in [-0.39, 0.29) is 35.9 Å². The topological polar surface area (TPSA) is 57.7 Å². The molecule has 2 aromatic rings. The first kappa shape index (κ1) is 21.0. The van der Waals surface area contributed by atoms with Crippen LogP contribution < -0.4 is 0 Å². The maximum atomic E-state index is 14.0. The molecule has 0 aromatic heterocycles. The summed E-state index contributed by atoms with van der Waals surface area (Å²) in [6.07, 6.45) is 3.94. The normalized spacial score (nSPS) is 20.5. The van der Waals surface area contributed by atoms with Crippen LogP contribution in [0.5, 0.6) is 0 Å². The Morgan fingerprint density at radius 1 is 1.03 bits per heavy atom. The van der Waals surface area contributed by atoms with Gasteiger partial charge in [0.2, 0.25) is 15.9 Å². The summed E-state index contributed by atoms with van der Waals surface area (Å²) < 4.78 is 40.9. The van der Waals surface area contributed by atoms with E-state index >= 15 is 0 Å². The number of rotatable bonds is 4. The molecule has 30 heavy (non-hydrogen) atoms. The lowest BCUT2D eigenvalue weighted by Crippen LogP contribution is -2.44. The standard InChI is InChI=1S/C23H27FN2O3S/c1-25(21-11-6-8-17-7-2-3-9-19(17)21)23(27)18-13-15-26(16-14-18)30(28,29)22-12-5-4-10-20(22)24/h2-5,7,9-10,12,18,21H,6,8,11,13-16H2,1H3/t21-/m0/s1. The predicted octanol–water partition coefficient (Wildman–Crippen LogP) is 3.76. The van der Waals surface area contributed by atoms with Crippen molar-refractivity contribution in [3.63, 3.8) is 0 Å². The zero-order chi connectivity index (χ0) is 21.3. The number of fused-ring (bicyclic) bond motifs is 1. The highest BCUT2D eigenvalue weighted by Crippen LogP contribution is 2.35. The van der Waals surface area contributed by atoms with Crippen molar-refractivity contribution in [1.82, 2.24) is 9.21 Å². The number of nitrogens with zero attached hydrogens (tertiary/aromatic N) is 2. The van der Waals surface area contributed by atoms with Gasteiger partial charge in [-0.25, -0.2) is 12.8 Å². The molecule has 1 aliphatic carbocycles. The largest absolute Gasteiger partial charge is 0.338 e. The smallest absolute Gasteiger partial charge is 0.245 e. The fourth-order valence-electron chi connectivity index (χ4n) is 4.71. The van der Waals surface area contributed by atoms with Crippen molar-refractivity contribution < 1.29 is 17.6 Å². The molecule has 0 saturated carbocycles. The zero-order valence-electron chi connectivity index (χ0n) is 17.1. The summed E-state index contributed by atoms with van der Waals surface area (Å²) in [7, 11) is -2.03. The van der Waals surface area contributed by atoms with Gasteiger partial charge in [0.05, 0.1) is 6.04 Å². The summed E-state index contributed by atoms with van der Waals surface area (Å²) in [5, 5.41) is 0. The molecular weight excluding hydrogens is 403 g/mol. The molecule has 0 unspecified atom stereocenters. The van der Waals surface area contributed by atoms with Crippen LogP contribution in [0.3, 0.4) is 0 Å². The minimum atomic E-state index is -3.89. The molecule has 5 nitrogen and oxygen atoms in total. The molecule has 1 heterocycles. The summed E-state index contributed by atoms with van der Waals surface area (Å²) in [5.41, 5.74) is 2.53. The quantitative estimate of drug-likeness (QED) is 0.742. The predicted molar refractivity (Wildman–Crippen MR) is 113 cm³/mol. The van der Waals surface area contributed by atoms with E-state index in [1.165, 1.54) is 33.6 Å². The molecule has 1 saturated heterocycles. The Labute approximate surface area is 177 Å². The van der Waals surface area contributed by atoms with Gasteiger partial charge in [0.15, 0.2) is 0 Å². The van der Waals surface area contributed by atoms with Crippen molar-refractivity contribution in [2.75, 3.05) is 20.1 Å². The number of piperidine rings is 1. The van der Waals surface area contributed by atoms with E-state index in [0.717, 1.165) is 25.3 Å². The lowest BCUT2D eigenvalue weighted by atomic mass is 9.86. The molecule has 2 aliphatic rings. The molecule has 0 bridgehead atoms. The number of hydrogen-bond acceptors (Lipinski definition) is 3. The van der Waals surface area contributed by atoms with Gasteiger partial charge in [-0.2, -0.15) is 4.31 Å². The van der Waals surface area contributed by atoms with Crippen LogP contribution >= 0.6 is 0 Å². The van der Waals surface area contributed by atoms with E-state index in [0.29, 0.717) is 12.8 Å². The van der Waals surface area contributed by atoms with Crippen molar-refractivity contribution in [3.05, 3.63) is 65.5 Å². The molecular formula is C23H27FN2O3S. The average molecular weight is 431 g/mol. The first-order valence-corrected chi connectivity index (χ1v) is 11.9. The molecule has 160 valence electrons. The van der Waals surface area contributed by atoms with Crippen molar-refractivity contribution >= 4 is 15.9 Å². The van der Waals surface area contributed by atoms with Crippen LogP contribution in [0.2, 0.25) is 0 Å². The second kappa shape index (κ2) is 8.47. The summed E-state index contributed by atoms with van der Waals surface area (Å²) in [4.78, 5) is 14.7. The monoisotopic (exact) mass is 430 g/mol. The van der Waals surface area contributed by atoms with E-state index in [1.54, 1.807) is 0 Å². The first-order chi connectivity index (χ1) is 14.4. The molecule has 1 atom stereocenters. The number of carbonyl (C=O) groups excluding carboxylic acids is 1. The van der Waals surface area contributed by atoms with Gasteiger partial charge in [-0.1, -0.05) is 36.4 Å². The van der Waals surface area contributed by atoms with Gasteiger partial charge in [0.1, 0.15) is 10.7 Å². The molecule has 1 amide bonds. The van der Waals surface area contributed by atoms with Gasteiger partial charge < -0.3 is 4.90 Å². The van der Waals surface area contributed by atoms with Crippen LogP contribution in [-0.2, 0) is 21.2 Å². The number of amides is 1. The molecule has 0 N–H and O–H groups in total. The third-order valence-corrected chi connectivity index (χ3v) is 8.34. The highest BCUT2D eigenvalue weighted by molar-refractivity contribution is 7.89. The number of halogens is 1. The van der Waals surface area contributed by atoms with Crippen LogP contribution in [0.15, 0.2) is 53.4 Å². The molecule has 4 rings (SSSR count). The number of benzene rings is 2. The third-order valence-electron chi connectivity index (χ3n) is 6.41. The Morgan fingerprint density at radius 3 is 2.43 bits per heavy atom. The van der Waals surface area contributed by atoms with Gasteiger partial charge in [0.25, 0.3) is 0 Å². The molecule has 0 spiro atoms. The van der Waals surface area contributed by atoms with E-state index in [4.69, 9.17) is 0 Å². The Bertz CT molecular complexity index is 1030. The lowest BCUT2D eigenvalue weighted by Gasteiger charge is -2.37. The zero-order valence-corrected chi connectivity index (χ0v) is 17.9. The van der Waals surface area contributed by atoms with E-state index in [9.17, 15) is 17.6 Å². The van der Waals surface area contributed by atoms with Crippen LogP contribution in [0.25, 0.3) is 0 Å². The minimum absolute atomic E-state index is 0.0691. The number of hydrogen-bond donors (Lipinski definition) is 0. The van der Waals surface area contributed by atoms with Crippen LogP contribution in [0.1, 0.15) is 42.9 Å². The van der Waals surface area contributed by atoms with Gasteiger partial charge in [-0.3, -0.25) is 4.79 Å². The number of carbonyl (C=O) groups is 1. The third kappa shape index (κ3) is 3.88. The van der Waals surface area contributed by atoms with Crippen molar-refractivity contribution in [2.24, 2.45) is 5.92 Å². The van der Waals surface area contributed by atoms with Gasteiger partial charge in [0, 0.05) is 26.1 Å². The van der Waals surface area contributed by atoms with Gasteiger partial charge in [-0.15, -0.1) is 0 Å². The molecule has 7 heteroatoms.